The molecule has 1 aromatic rings. The molecule has 0 aliphatic heterocycles. The van der Waals surface area contributed by atoms with Crippen LogP contribution in [-0.4, -0.2) is 12.6 Å². The summed E-state index contributed by atoms with van der Waals surface area (Å²) < 4.78 is 6.98. The SMILES string of the molecule is NC/C=C/c1cc(Br)ccc1OC1CCC1. The largest absolute Gasteiger partial charge is 0.490 e. The van der Waals surface area contributed by atoms with Crippen LogP contribution in [0, 0.1) is 0 Å². The monoisotopic (exact) mass is 281 g/mol. The van der Waals surface area contributed by atoms with E-state index in [1.165, 1.54) is 19.3 Å². The van der Waals surface area contributed by atoms with E-state index in [-0.39, 0.29) is 0 Å². The lowest BCUT2D eigenvalue weighted by Crippen LogP contribution is -2.24. The fourth-order valence-corrected chi connectivity index (χ4v) is 2.00. The van der Waals surface area contributed by atoms with Crippen molar-refractivity contribution in [2.45, 2.75) is 25.4 Å². The van der Waals surface area contributed by atoms with E-state index in [0.717, 1.165) is 15.8 Å². The lowest BCUT2D eigenvalue weighted by atomic mass is 9.96. The molecule has 3 heteroatoms. The average molecular weight is 282 g/mol. The van der Waals surface area contributed by atoms with Gasteiger partial charge in [-0.25, -0.2) is 0 Å². The molecule has 1 aromatic carbocycles. The molecule has 86 valence electrons. The third-order valence-electron chi connectivity index (χ3n) is 2.75. The predicted molar refractivity (Wildman–Crippen MR) is 70.5 cm³/mol. The Balaban J connectivity index is 2.16. The first-order chi connectivity index (χ1) is 7.79. The zero-order valence-electron chi connectivity index (χ0n) is 9.16. The van der Waals surface area contributed by atoms with Crippen molar-refractivity contribution in [3.63, 3.8) is 0 Å². The van der Waals surface area contributed by atoms with E-state index < -0.39 is 0 Å². The first-order valence-electron chi connectivity index (χ1n) is 5.62. The highest BCUT2D eigenvalue weighted by molar-refractivity contribution is 9.10. The molecule has 1 saturated carbocycles. The van der Waals surface area contributed by atoms with Gasteiger partial charge in [-0.2, -0.15) is 0 Å². The lowest BCUT2D eigenvalue weighted by Gasteiger charge is -2.27. The highest BCUT2D eigenvalue weighted by Crippen LogP contribution is 2.30. The van der Waals surface area contributed by atoms with Gasteiger partial charge in [0.15, 0.2) is 0 Å². The third-order valence-corrected chi connectivity index (χ3v) is 3.24. The quantitative estimate of drug-likeness (QED) is 0.919. The van der Waals surface area contributed by atoms with Crippen LogP contribution in [0.3, 0.4) is 0 Å². The summed E-state index contributed by atoms with van der Waals surface area (Å²) in [5.41, 5.74) is 6.55. The van der Waals surface area contributed by atoms with Crippen LogP contribution >= 0.6 is 15.9 Å². The van der Waals surface area contributed by atoms with Gasteiger partial charge in [0.2, 0.25) is 0 Å². The van der Waals surface area contributed by atoms with Gasteiger partial charge in [0.1, 0.15) is 5.75 Å². The van der Waals surface area contributed by atoms with Gasteiger partial charge >= 0.3 is 0 Å². The molecule has 1 aliphatic rings. The highest BCUT2D eigenvalue weighted by atomic mass is 79.9. The number of hydrogen-bond acceptors (Lipinski definition) is 2. The maximum absolute atomic E-state index is 5.92. The minimum absolute atomic E-state index is 0.409. The number of nitrogens with two attached hydrogens (primary N) is 1. The molecule has 2 rings (SSSR count). The van der Waals surface area contributed by atoms with Crippen LogP contribution in [0.1, 0.15) is 24.8 Å². The van der Waals surface area contributed by atoms with Gasteiger partial charge in [0.05, 0.1) is 6.10 Å². The van der Waals surface area contributed by atoms with Gasteiger partial charge in [-0.3, -0.25) is 0 Å². The summed E-state index contributed by atoms with van der Waals surface area (Å²) in [7, 11) is 0. The summed E-state index contributed by atoms with van der Waals surface area (Å²) in [5.74, 6) is 0.956. The zero-order chi connectivity index (χ0) is 11.4. The van der Waals surface area contributed by atoms with E-state index >= 15 is 0 Å². The normalized spacial score (nSPS) is 16.4. The van der Waals surface area contributed by atoms with Gasteiger partial charge in [-0.1, -0.05) is 28.1 Å². The molecule has 0 unspecified atom stereocenters. The molecule has 0 amide bonds. The predicted octanol–water partition coefficient (Wildman–Crippen LogP) is 3.35. The Hall–Kier alpha value is -0.800. The van der Waals surface area contributed by atoms with Crippen LogP contribution in [0.4, 0.5) is 0 Å². The van der Waals surface area contributed by atoms with Crippen molar-refractivity contribution in [1.29, 1.82) is 0 Å². The Morgan fingerprint density at radius 3 is 2.88 bits per heavy atom. The number of benzene rings is 1. The molecule has 1 fully saturated rings. The van der Waals surface area contributed by atoms with Crippen molar-refractivity contribution in [2.24, 2.45) is 5.73 Å². The molecule has 1 aliphatic carbocycles. The van der Waals surface area contributed by atoms with Crippen molar-refractivity contribution in [3.05, 3.63) is 34.3 Å². The topological polar surface area (TPSA) is 35.2 Å². The van der Waals surface area contributed by atoms with E-state index in [1.54, 1.807) is 0 Å². The smallest absolute Gasteiger partial charge is 0.127 e. The molecule has 0 heterocycles. The summed E-state index contributed by atoms with van der Waals surface area (Å²) in [4.78, 5) is 0. The van der Waals surface area contributed by atoms with Gasteiger partial charge in [0, 0.05) is 16.6 Å². The Labute approximate surface area is 105 Å². The Morgan fingerprint density at radius 1 is 1.44 bits per heavy atom. The maximum Gasteiger partial charge on any atom is 0.127 e. The van der Waals surface area contributed by atoms with Crippen LogP contribution < -0.4 is 10.5 Å². The first-order valence-corrected chi connectivity index (χ1v) is 6.41. The lowest BCUT2D eigenvalue weighted by molar-refractivity contribution is 0.120. The van der Waals surface area contributed by atoms with Crippen LogP contribution in [0.5, 0.6) is 5.75 Å². The van der Waals surface area contributed by atoms with Crippen molar-refractivity contribution < 1.29 is 4.74 Å². The van der Waals surface area contributed by atoms with Crippen molar-refractivity contribution >= 4 is 22.0 Å². The molecule has 0 spiro atoms. The second kappa shape index (κ2) is 5.51. The molecule has 2 N–H and O–H groups in total. The van der Waals surface area contributed by atoms with Crippen molar-refractivity contribution in [3.8, 4) is 5.75 Å². The fourth-order valence-electron chi connectivity index (χ4n) is 1.62. The Bertz CT molecular complexity index is 386. The van der Waals surface area contributed by atoms with E-state index in [4.69, 9.17) is 10.5 Å². The average Bonchev–Trinajstić information content (AvgIpc) is 2.22. The molecular formula is C13H16BrNO. The van der Waals surface area contributed by atoms with Gasteiger partial charge < -0.3 is 10.5 Å². The molecule has 16 heavy (non-hydrogen) atoms. The van der Waals surface area contributed by atoms with E-state index in [1.807, 2.05) is 24.3 Å². The Morgan fingerprint density at radius 2 is 2.25 bits per heavy atom. The second-order valence-corrected chi connectivity index (χ2v) is 4.91. The first kappa shape index (κ1) is 11.7. The zero-order valence-corrected chi connectivity index (χ0v) is 10.7. The molecule has 0 bridgehead atoms. The maximum atomic E-state index is 5.92. The number of rotatable bonds is 4. The molecule has 0 atom stereocenters. The van der Waals surface area contributed by atoms with Crippen LogP contribution in [0.25, 0.3) is 6.08 Å². The molecular weight excluding hydrogens is 266 g/mol. The van der Waals surface area contributed by atoms with Gasteiger partial charge in [-0.05, 0) is 37.5 Å². The summed E-state index contributed by atoms with van der Waals surface area (Å²) in [6.45, 7) is 0.551. The van der Waals surface area contributed by atoms with Gasteiger partial charge in [0.25, 0.3) is 0 Å². The number of ether oxygens (including phenoxy) is 1. The third kappa shape index (κ3) is 2.86. The Kier molecular flexibility index (Phi) is 4.02. The number of halogens is 1. The van der Waals surface area contributed by atoms with Crippen molar-refractivity contribution in [1.82, 2.24) is 0 Å². The van der Waals surface area contributed by atoms with E-state index in [0.29, 0.717) is 12.6 Å². The molecule has 0 radical (unpaired) electrons. The summed E-state index contributed by atoms with van der Waals surface area (Å²) in [6, 6.07) is 6.08. The molecule has 0 aromatic heterocycles. The minimum atomic E-state index is 0.409. The van der Waals surface area contributed by atoms with E-state index in [2.05, 4.69) is 22.0 Å². The van der Waals surface area contributed by atoms with Crippen molar-refractivity contribution in [2.75, 3.05) is 6.54 Å². The van der Waals surface area contributed by atoms with Crippen LogP contribution in [0.15, 0.2) is 28.7 Å². The fraction of sp³-hybridized carbons (Fsp3) is 0.385. The molecule has 0 saturated heterocycles. The standard InChI is InChI=1S/C13H16BrNO/c14-11-6-7-13(16-12-4-1-5-12)10(9-11)3-2-8-15/h2-3,6-7,9,12H,1,4-5,8,15H2/b3-2+. The summed E-state index contributed by atoms with van der Waals surface area (Å²) in [6.07, 6.45) is 8.00. The summed E-state index contributed by atoms with van der Waals surface area (Å²) in [5, 5.41) is 0. The van der Waals surface area contributed by atoms with Crippen LogP contribution in [0.2, 0.25) is 0 Å². The van der Waals surface area contributed by atoms with Gasteiger partial charge in [-0.15, -0.1) is 0 Å². The minimum Gasteiger partial charge on any atom is -0.490 e. The molecule has 2 nitrogen and oxygen atoms in total. The second-order valence-electron chi connectivity index (χ2n) is 3.99. The summed E-state index contributed by atoms with van der Waals surface area (Å²) >= 11 is 3.46. The highest BCUT2D eigenvalue weighted by Gasteiger charge is 2.19. The van der Waals surface area contributed by atoms with Crippen LogP contribution in [-0.2, 0) is 0 Å². The van der Waals surface area contributed by atoms with E-state index in [9.17, 15) is 0 Å². The number of hydrogen-bond donors (Lipinski definition) is 1.